The number of anilines is 4. The number of hydrogen-bond donors (Lipinski definition) is 3. The van der Waals surface area contributed by atoms with Crippen LogP contribution < -0.4 is 16.0 Å². The molecule has 2 heterocycles. The molecule has 4 aromatic rings. The van der Waals surface area contributed by atoms with E-state index in [1.807, 2.05) is 18.2 Å². The van der Waals surface area contributed by atoms with Crippen molar-refractivity contribution in [2.24, 2.45) is 0 Å². The zero-order valence-corrected chi connectivity index (χ0v) is 23.0. The minimum atomic E-state index is -3.64. The molecule has 5 rings (SSSR count). The third kappa shape index (κ3) is 6.98. The van der Waals surface area contributed by atoms with Crippen molar-refractivity contribution in [1.29, 1.82) is 0 Å². The van der Waals surface area contributed by atoms with Gasteiger partial charge in [0.1, 0.15) is 11.6 Å². The Bertz CT molecular complexity index is 1500. The highest BCUT2D eigenvalue weighted by molar-refractivity contribution is 7.89. The van der Waals surface area contributed by atoms with E-state index < -0.39 is 10.0 Å². The Morgan fingerprint density at radius 2 is 1.55 bits per heavy atom. The van der Waals surface area contributed by atoms with Gasteiger partial charge in [-0.25, -0.2) is 17.8 Å². The lowest BCUT2D eigenvalue weighted by atomic mass is 9.91. The van der Waals surface area contributed by atoms with Gasteiger partial charge in [-0.1, -0.05) is 6.07 Å². The van der Waals surface area contributed by atoms with Gasteiger partial charge in [-0.2, -0.15) is 9.29 Å². The summed E-state index contributed by atoms with van der Waals surface area (Å²) in [6, 6.07) is 20.4. The van der Waals surface area contributed by atoms with Gasteiger partial charge in [0.25, 0.3) is 0 Å². The molecule has 11 heteroatoms. The first-order valence-electron chi connectivity index (χ1n) is 13.2. The highest BCUT2D eigenvalue weighted by Crippen LogP contribution is 2.28. The van der Waals surface area contributed by atoms with Crippen molar-refractivity contribution in [2.75, 3.05) is 17.7 Å². The van der Waals surface area contributed by atoms with Crippen LogP contribution in [0.1, 0.15) is 31.4 Å². The molecule has 3 N–H and O–H groups in total. The molecule has 0 aliphatic heterocycles. The Labute approximate surface area is 234 Å². The van der Waals surface area contributed by atoms with Gasteiger partial charge in [0.05, 0.1) is 10.6 Å². The van der Waals surface area contributed by atoms with Crippen LogP contribution >= 0.6 is 0 Å². The van der Waals surface area contributed by atoms with Crippen molar-refractivity contribution in [3.8, 4) is 0 Å². The van der Waals surface area contributed by atoms with Crippen LogP contribution in [-0.4, -0.2) is 46.8 Å². The molecule has 9 nitrogen and oxygen atoms in total. The SMILES string of the molecule is CN(C1CCC(NCc2ccccn2)CC1)S(=O)(=O)c1ccc(Nc2nccc(Nc3ccc(F)cc3)n2)cc1. The largest absolute Gasteiger partial charge is 0.340 e. The molecule has 0 radical (unpaired) electrons. The van der Waals surface area contributed by atoms with Crippen LogP contribution in [0.15, 0.2) is 90.1 Å². The van der Waals surface area contributed by atoms with Crippen LogP contribution in [-0.2, 0) is 16.6 Å². The molecular weight excluding hydrogens is 529 g/mol. The highest BCUT2D eigenvalue weighted by Gasteiger charge is 2.31. The first-order valence-corrected chi connectivity index (χ1v) is 14.6. The van der Waals surface area contributed by atoms with E-state index in [1.54, 1.807) is 61.9 Å². The van der Waals surface area contributed by atoms with Gasteiger partial charge >= 0.3 is 0 Å². The Balaban J connectivity index is 1.15. The van der Waals surface area contributed by atoms with Gasteiger partial charge in [0.15, 0.2) is 0 Å². The van der Waals surface area contributed by atoms with Gasteiger partial charge < -0.3 is 16.0 Å². The summed E-state index contributed by atoms with van der Waals surface area (Å²) < 4.78 is 41.4. The maximum Gasteiger partial charge on any atom is 0.243 e. The summed E-state index contributed by atoms with van der Waals surface area (Å²) >= 11 is 0. The summed E-state index contributed by atoms with van der Waals surface area (Å²) in [6.07, 6.45) is 6.81. The molecule has 0 saturated heterocycles. The van der Waals surface area contributed by atoms with Gasteiger partial charge in [-0.15, -0.1) is 0 Å². The fourth-order valence-electron chi connectivity index (χ4n) is 4.77. The van der Waals surface area contributed by atoms with Crippen molar-refractivity contribution >= 4 is 33.2 Å². The Morgan fingerprint density at radius 3 is 2.25 bits per heavy atom. The van der Waals surface area contributed by atoms with Crippen molar-refractivity contribution in [1.82, 2.24) is 24.6 Å². The lowest BCUT2D eigenvalue weighted by molar-refractivity contribution is 0.248. The number of nitrogens with one attached hydrogen (secondary N) is 3. The van der Waals surface area contributed by atoms with Crippen molar-refractivity contribution in [3.05, 3.63) is 96.7 Å². The summed E-state index contributed by atoms with van der Waals surface area (Å²) in [7, 11) is -1.97. The lowest BCUT2D eigenvalue weighted by Gasteiger charge is -2.34. The molecule has 0 spiro atoms. The number of benzene rings is 2. The Kier molecular flexibility index (Phi) is 8.63. The summed E-state index contributed by atoms with van der Waals surface area (Å²) in [4.78, 5) is 13.2. The lowest BCUT2D eigenvalue weighted by Crippen LogP contribution is -2.43. The second-order valence-electron chi connectivity index (χ2n) is 9.78. The summed E-state index contributed by atoms with van der Waals surface area (Å²) in [5.74, 6) is 0.559. The third-order valence-electron chi connectivity index (χ3n) is 7.07. The van der Waals surface area contributed by atoms with E-state index >= 15 is 0 Å². The van der Waals surface area contributed by atoms with Crippen LogP contribution in [0.4, 0.5) is 27.5 Å². The summed E-state index contributed by atoms with van der Waals surface area (Å²) in [5.41, 5.74) is 2.35. The standard InChI is InChI=1S/C29H32FN7O2S/c1-37(26-13-9-22(10-14-26)33-20-25-4-2-3-18-31-25)40(38,39)27-15-11-24(12-16-27)35-29-32-19-17-28(36-29)34-23-7-5-21(30)6-8-23/h2-8,11-12,15-19,22,26,33H,9-10,13-14,20H2,1H3,(H2,32,34,35,36). The Morgan fingerprint density at radius 1 is 0.850 bits per heavy atom. The average molecular weight is 562 g/mol. The molecule has 208 valence electrons. The fourth-order valence-corrected chi connectivity index (χ4v) is 6.18. The van der Waals surface area contributed by atoms with Crippen LogP contribution in [0, 0.1) is 5.82 Å². The van der Waals surface area contributed by atoms with Gasteiger partial charge in [0, 0.05) is 49.4 Å². The number of halogens is 1. The number of aromatic nitrogens is 3. The molecule has 0 amide bonds. The first-order chi connectivity index (χ1) is 19.4. The maximum atomic E-state index is 13.4. The topological polar surface area (TPSA) is 112 Å². The maximum absolute atomic E-state index is 13.4. The third-order valence-corrected chi connectivity index (χ3v) is 8.99. The van der Waals surface area contributed by atoms with Crippen LogP contribution in [0.2, 0.25) is 0 Å². The molecule has 2 aromatic heterocycles. The van der Waals surface area contributed by atoms with Crippen molar-refractivity contribution in [2.45, 2.75) is 49.2 Å². The number of sulfonamides is 1. The number of hydrogen-bond acceptors (Lipinski definition) is 8. The minimum absolute atomic E-state index is 0.0413. The molecule has 0 atom stereocenters. The molecule has 1 fully saturated rings. The smallest absolute Gasteiger partial charge is 0.243 e. The van der Waals surface area contributed by atoms with Crippen molar-refractivity contribution in [3.63, 3.8) is 0 Å². The molecule has 1 aliphatic rings. The van der Waals surface area contributed by atoms with E-state index in [1.165, 1.54) is 16.4 Å². The summed E-state index contributed by atoms with van der Waals surface area (Å²) in [6.45, 7) is 0.713. The van der Waals surface area contributed by atoms with Crippen molar-refractivity contribution < 1.29 is 12.8 Å². The second-order valence-corrected chi connectivity index (χ2v) is 11.8. The fraction of sp³-hybridized carbons (Fsp3) is 0.276. The number of rotatable bonds is 10. The van der Waals surface area contributed by atoms with Gasteiger partial charge in [0.2, 0.25) is 16.0 Å². The van der Waals surface area contributed by atoms with E-state index in [-0.39, 0.29) is 16.8 Å². The Hall–Kier alpha value is -3.93. The number of pyridine rings is 1. The predicted molar refractivity (Wildman–Crippen MR) is 154 cm³/mol. The second kappa shape index (κ2) is 12.5. The highest BCUT2D eigenvalue weighted by atomic mass is 32.2. The van der Waals surface area contributed by atoms with Crippen LogP contribution in [0.5, 0.6) is 0 Å². The molecule has 1 saturated carbocycles. The van der Waals surface area contributed by atoms with Crippen LogP contribution in [0.3, 0.4) is 0 Å². The van der Waals surface area contributed by atoms with E-state index in [4.69, 9.17) is 0 Å². The van der Waals surface area contributed by atoms with E-state index in [0.717, 1.165) is 31.4 Å². The molecule has 40 heavy (non-hydrogen) atoms. The van der Waals surface area contributed by atoms with Gasteiger partial charge in [-0.05, 0) is 92.4 Å². The first kappa shape index (κ1) is 27.6. The van der Waals surface area contributed by atoms with Crippen LogP contribution in [0.25, 0.3) is 0 Å². The van der Waals surface area contributed by atoms with E-state index in [9.17, 15) is 12.8 Å². The van der Waals surface area contributed by atoms with E-state index in [0.29, 0.717) is 35.7 Å². The van der Waals surface area contributed by atoms with Gasteiger partial charge in [-0.3, -0.25) is 4.98 Å². The normalized spacial score (nSPS) is 17.5. The molecule has 0 unspecified atom stereocenters. The predicted octanol–water partition coefficient (Wildman–Crippen LogP) is 5.22. The molecular formula is C29H32FN7O2S. The molecule has 0 bridgehead atoms. The monoisotopic (exact) mass is 561 g/mol. The zero-order valence-electron chi connectivity index (χ0n) is 22.2. The van der Waals surface area contributed by atoms with E-state index in [2.05, 4.69) is 30.9 Å². The molecule has 2 aromatic carbocycles. The minimum Gasteiger partial charge on any atom is -0.340 e. The number of nitrogens with zero attached hydrogens (tertiary/aromatic N) is 4. The summed E-state index contributed by atoms with van der Waals surface area (Å²) in [5, 5.41) is 9.74. The average Bonchev–Trinajstić information content (AvgIpc) is 2.98. The quantitative estimate of drug-likeness (QED) is 0.242. The molecule has 1 aliphatic carbocycles. The zero-order chi connectivity index (χ0) is 28.0.